The highest BCUT2D eigenvalue weighted by Crippen LogP contribution is 2.46. The lowest BCUT2D eigenvalue weighted by Gasteiger charge is -2.44. The number of carbonyl (C=O) groups excluding carboxylic acids is 2. The molecule has 2 aliphatic rings. The molecule has 0 bridgehead atoms. The van der Waals surface area contributed by atoms with Gasteiger partial charge in [-0.1, -0.05) is 48.0 Å². The predicted molar refractivity (Wildman–Crippen MR) is 165 cm³/mol. The van der Waals surface area contributed by atoms with Crippen LogP contribution in [0.15, 0.2) is 97.1 Å². The van der Waals surface area contributed by atoms with E-state index in [2.05, 4.69) is 4.90 Å². The van der Waals surface area contributed by atoms with Gasteiger partial charge in [0.15, 0.2) is 0 Å². The summed E-state index contributed by atoms with van der Waals surface area (Å²) in [5, 5.41) is 0.690. The van der Waals surface area contributed by atoms with Gasteiger partial charge in [0.05, 0.1) is 26.2 Å². The number of hydrogen-bond acceptors (Lipinski definition) is 5. The van der Waals surface area contributed by atoms with E-state index >= 15 is 0 Å². The zero-order valence-corrected chi connectivity index (χ0v) is 24.3. The summed E-state index contributed by atoms with van der Waals surface area (Å²) in [7, 11) is 3.23. The quantitative estimate of drug-likeness (QED) is 0.272. The van der Waals surface area contributed by atoms with E-state index in [1.54, 1.807) is 19.1 Å². The Kier molecular flexibility index (Phi) is 7.76. The molecule has 2 atom stereocenters. The van der Waals surface area contributed by atoms with Gasteiger partial charge in [-0.2, -0.15) is 0 Å². The first-order chi connectivity index (χ1) is 20.5. The SMILES string of the molecule is COc1ccc([C@@H]2[C@@H](C(=O)N3CCN(c4cccc(Cl)c4)CC3)c3ccccc3C(=O)N2c2ccc(OC)cc2)cc1. The van der Waals surface area contributed by atoms with Crippen molar-refractivity contribution in [3.63, 3.8) is 0 Å². The second-order valence-electron chi connectivity index (χ2n) is 10.4. The highest BCUT2D eigenvalue weighted by Gasteiger charge is 2.46. The molecular weight excluding hydrogens is 550 g/mol. The molecule has 0 N–H and O–H groups in total. The van der Waals surface area contributed by atoms with Gasteiger partial charge in [-0.15, -0.1) is 0 Å². The third kappa shape index (κ3) is 5.16. The van der Waals surface area contributed by atoms with Gasteiger partial charge in [0.25, 0.3) is 5.91 Å². The Hall–Kier alpha value is -4.49. The van der Waals surface area contributed by atoms with Crippen LogP contribution in [0.1, 0.15) is 33.4 Å². The summed E-state index contributed by atoms with van der Waals surface area (Å²) >= 11 is 6.24. The van der Waals surface area contributed by atoms with Crippen molar-refractivity contribution < 1.29 is 19.1 Å². The van der Waals surface area contributed by atoms with E-state index in [1.807, 2.05) is 102 Å². The number of rotatable bonds is 6. The maximum Gasteiger partial charge on any atom is 0.259 e. The molecule has 0 saturated carbocycles. The van der Waals surface area contributed by atoms with E-state index in [0.717, 1.165) is 16.8 Å². The van der Waals surface area contributed by atoms with Gasteiger partial charge in [0, 0.05) is 48.1 Å². The predicted octanol–water partition coefficient (Wildman–Crippen LogP) is 6.19. The average Bonchev–Trinajstić information content (AvgIpc) is 3.04. The molecule has 2 heterocycles. The van der Waals surface area contributed by atoms with Crippen LogP contribution < -0.4 is 19.3 Å². The minimum atomic E-state index is -0.605. The van der Waals surface area contributed by atoms with Crippen molar-refractivity contribution in [1.29, 1.82) is 0 Å². The lowest BCUT2D eigenvalue weighted by molar-refractivity contribution is -0.133. The van der Waals surface area contributed by atoms with E-state index in [9.17, 15) is 9.59 Å². The van der Waals surface area contributed by atoms with Crippen LogP contribution >= 0.6 is 11.6 Å². The molecule has 0 aromatic heterocycles. The summed E-state index contributed by atoms with van der Waals surface area (Å²) in [6, 6.07) is 29.7. The Labute approximate surface area is 250 Å². The van der Waals surface area contributed by atoms with Crippen molar-refractivity contribution in [2.75, 3.05) is 50.2 Å². The number of piperazine rings is 1. The van der Waals surface area contributed by atoms with E-state index in [0.29, 0.717) is 54.0 Å². The van der Waals surface area contributed by atoms with Gasteiger partial charge >= 0.3 is 0 Å². The van der Waals surface area contributed by atoms with E-state index in [-0.39, 0.29) is 11.8 Å². The zero-order chi connectivity index (χ0) is 29.2. The number of hydrogen-bond donors (Lipinski definition) is 0. The maximum absolute atomic E-state index is 14.6. The Morgan fingerprint density at radius 2 is 1.40 bits per heavy atom. The van der Waals surface area contributed by atoms with Crippen LogP contribution in [0.5, 0.6) is 11.5 Å². The molecule has 7 nitrogen and oxygen atoms in total. The van der Waals surface area contributed by atoms with E-state index in [1.165, 1.54) is 0 Å². The van der Waals surface area contributed by atoms with E-state index < -0.39 is 12.0 Å². The maximum atomic E-state index is 14.6. The Morgan fingerprint density at radius 3 is 2.05 bits per heavy atom. The Bertz CT molecular complexity index is 1580. The summed E-state index contributed by atoms with van der Waals surface area (Å²) in [6.45, 7) is 2.51. The van der Waals surface area contributed by atoms with Crippen LogP contribution in [0.4, 0.5) is 11.4 Å². The second-order valence-corrected chi connectivity index (χ2v) is 10.9. The fourth-order valence-corrected chi connectivity index (χ4v) is 6.21. The van der Waals surface area contributed by atoms with Crippen molar-refractivity contribution in [3.05, 3.63) is 119 Å². The Morgan fingerprint density at radius 1 is 0.762 bits per heavy atom. The normalized spacial score (nSPS) is 18.5. The molecule has 0 unspecified atom stereocenters. The number of fused-ring (bicyclic) bond motifs is 1. The number of halogens is 1. The first-order valence-electron chi connectivity index (χ1n) is 14.0. The van der Waals surface area contributed by atoms with Crippen molar-refractivity contribution in [2.24, 2.45) is 0 Å². The monoisotopic (exact) mass is 581 g/mol. The third-order valence-corrected chi connectivity index (χ3v) is 8.41. The topological polar surface area (TPSA) is 62.3 Å². The fourth-order valence-electron chi connectivity index (χ4n) is 6.02. The van der Waals surface area contributed by atoms with Gasteiger partial charge in [-0.05, 0) is 71.8 Å². The summed E-state index contributed by atoms with van der Waals surface area (Å²) in [4.78, 5) is 34.7. The highest BCUT2D eigenvalue weighted by molar-refractivity contribution is 6.30. The molecule has 2 aliphatic heterocycles. The number of anilines is 2. The molecule has 0 spiro atoms. The number of methoxy groups -OCH3 is 2. The molecule has 0 aliphatic carbocycles. The van der Waals surface area contributed by atoms with Crippen LogP contribution in [0.25, 0.3) is 0 Å². The molecule has 42 heavy (non-hydrogen) atoms. The molecule has 6 rings (SSSR count). The Balaban J connectivity index is 1.40. The van der Waals surface area contributed by atoms with E-state index in [4.69, 9.17) is 21.1 Å². The first kappa shape index (κ1) is 27.7. The molecule has 2 amide bonds. The minimum absolute atomic E-state index is 0.0000221. The fraction of sp³-hybridized carbons (Fsp3) is 0.235. The summed E-state index contributed by atoms with van der Waals surface area (Å²) in [5.74, 6) is 0.644. The molecule has 0 radical (unpaired) electrons. The lowest BCUT2D eigenvalue weighted by Crippen LogP contribution is -2.53. The highest BCUT2D eigenvalue weighted by atomic mass is 35.5. The van der Waals surface area contributed by atoms with Gasteiger partial charge in [-0.3, -0.25) is 14.5 Å². The molecule has 1 fully saturated rings. The summed E-state index contributed by atoms with van der Waals surface area (Å²) < 4.78 is 10.8. The number of benzene rings is 4. The second kappa shape index (κ2) is 11.8. The van der Waals surface area contributed by atoms with Gasteiger partial charge in [0.2, 0.25) is 5.91 Å². The summed E-state index contributed by atoms with van der Waals surface area (Å²) in [6.07, 6.45) is 0. The molecule has 4 aromatic carbocycles. The van der Waals surface area contributed by atoms with Crippen molar-refractivity contribution >= 4 is 34.8 Å². The van der Waals surface area contributed by atoms with Crippen LogP contribution in [-0.2, 0) is 4.79 Å². The number of carbonyl (C=O) groups is 2. The van der Waals surface area contributed by atoms with Crippen molar-refractivity contribution in [2.45, 2.75) is 12.0 Å². The number of ether oxygens (including phenoxy) is 2. The van der Waals surface area contributed by atoms with Gasteiger partial charge < -0.3 is 19.3 Å². The zero-order valence-electron chi connectivity index (χ0n) is 23.6. The van der Waals surface area contributed by atoms with Crippen LogP contribution in [0.2, 0.25) is 5.02 Å². The molecule has 8 heteroatoms. The van der Waals surface area contributed by atoms with Crippen LogP contribution in [0.3, 0.4) is 0 Å². The van der Waals surface area contributed by atoms with Crippen molar-refractivity contribution in [1.82, 2.24) is 4.90 Å². The van der Waals surface area contributed by atoms with Gasteiger partial charge in [-0.25, -0.2) is 0 Å². The lowest BCUT2D eigenvalue weighted by atomic mass is 9.78. The standard InChI is InChI=1S/C34H32ClN3O4/c1-41-27-14-10-23(11-15-27)32-31(34(40)37-20-18-36(19-21-37)26-7-5-6-24(35)22-26)29-8-3-4-9-30(29)33(39)38(32)25-12-16-28(42-2)17-13-25/h3-17,22,31-32H,18-21H2,1-2H3/t31-,32+/m0/s1. The largest absolute Gasteiger partial charge is 0.497 e. The van der Waals surface area contributed by atoms with Crippen LogP contribution in [-0.4, -0.2) is 57.1 Å². The van der Waals surface area contributed by atoms with Crippen molar-refractivity contribution in [3.8, 4) is 11.5 Å². The molecule has 4 aromatic rings. The molecular formula is C34H32ClN3O4. The molecule has 214 valence electrons. The van der Waals surface area contributed by atoms with Crippen LogP contribution in [0, 0.1) is 0 Å². The first-order valence-corrected chi connectivity index (χ1v) is 14.4. The minimum Gasteiger partial charge on any atom is -0.497 e. The number of nitrogens with zero attached hydrogens (tertiary/aromatic N) is 3. The van der Waals surface area contributed by atoms with Gasteiger partial charge in [0.1, 0.15) is 11.5 Å². The molecule has 1 saturated heterocycles. The number of amides is 2. The third-order valence-electron chi connectivity index (χ3n) is 8.18. The average molecular weight is 582 g/mol. The smallest absolute Gasteiger partial charge is 0.259 e. The summed E-state index contributed by atoms with van der Waals surface area (Å²) in [5.41, 5.74) is 3.87.